The zero-order valence-corrected chi connectivity index (χ0v) is 16.3. The molecule has 146 valence electrons. The van der Waals surface area contributed by atoms with E-state index in [0.29, 0.717) is 53.1 Å². The first-order chi connectivity index (χ1) is 13.5. The second-order valence-electron chi connectivity index (χ2n) is 6.43. The molecule has 0 atom stereocenters. The highest BCUT2D eigenvalue weighted by molar-refractivity contribution is 6.42. The molecule has 1 N–H and O–H groups in total. The molecular weight excluding hydrogens is 405 g/mol. The molecular formula is C19H17Cl2N3O4. The number of ether oxygens (including phenoxy) is 1. The van der Waals surface area contributed by atoms with E-state index in [1.54, 1.807) is 29.2 Å². The highest BCUT2D eigenvalue weighted by atomic mass is 35.5. The third-order valence-corrected chi connectivity index (χ3v) is 5.39. The summed E-state index contributed by atoms with van der Waals surface area (Å²) in [4.78, 5) is 30.1. The number of halogens is 2. The standard InChI is InChI=1S/C19H17Cl2N3O4/c20-14-3-1-12(9-15(14)21)23-5-7-24(8-6-23)18(25)11-27-13-2-4-16-17(10-13)28-19(26)22-16/h1-4,9-10H,5-8,11H2,(H,22,26). The lowest BCUT2D eigenvalue weighted by molar-refractivity contribution is -0.133. The van der Waals surface area contributed by atoms with Gasteiger partial charge in [-0.3, -0.25) is 9.78 Å². The number of aromatic nitrogens is 1. The number of amides is 1. The summed E-state index contributed by atoms with van der Waals surface area (Å²) in [6, 6.07) is 10.5. The van der Waals surface area contributed by atoms with E-state index in [0.717, 1.165) is 5.69 Å². The molecule has 1 aliphatic heterocycles. The van der Waals surface area contributed by atoms with E-state index in [1.807, 2.05) is 12.1 Å². The summed E-state index contributed by atoms with van der Waals surface area (Å²) in [5.74, 6) is -0.148. The lowest BCUT2D eigenvalue weighted by Gasteiger charge is -2.36. The van der Waals surface area contributed by atoms with Crippen LogP contribution in [0.1, 0.15) is 0 Å². The molecule has 1 aliphatic rings. The zero-order valence-electron chi connectivity index (χ0n) is 14.8. The molecule has 1 amide bonds. The van der Waals surface area contributed by atoms with Crippen LogP contribution in [0.2, 0.25) is 10.0 Å². The molecule has 0 aliphatic carbocycles. The Hall–Kier alpha value is -2.64. The van der Waals surface area contributed by atoms with E-state index >= 15 is 0 Å². The maximum Gasteiger partial charge on any atom is 0.417 e. The van der Waals surface area contributed by atoms with Crippen LogP contribution in [0.5, 0.6) is 5.75 Å². The normalized spacial score (nSPS) is 14.5. The van der Waals surface area contributed by atoms with E-state index in [2.05, 4.69) is 9.88 Å². The molecule has 0 unspecified atom stereocenters. The van der Waals surface area contributed by atoms with E-state index in [-0.39, 0.29) is 12.5 Å². The van der Waals surface area contributed by atoms with Gasteiger partial charge in [0, 0.05) is 37.9 Å². The van der Waals surface area contributed by atoms with Crippen molar-refractivity contribution in [1.82, 2.24) is 9.88 Å². The molecule has 9 heteroatoms. The fourth-order valence-corrected chi connectivity index (χ4v) is 3.44. The van der Waals surface area contributed by atoms with Crippen molar-refractivity contribution in [3.8, 4) is 5.75 Å². The number of benzene rings is 2. The van der Waals surface area contributed by atoms with Gasteiger partial charge in [-0.25, -0.2) is 4.79 Å². The first kappa shape index (κ1) is 18.7. The van der Waals surface area contributed by atoms with Crippen molar-refractivity contribution in [2.24, 2.45) is 0 Å². The van der Waals surface area contributed by atoms with Crippen LogP contribution >= 0.6 is 23.2 Å². The van der Waals surface area contributed by atoms with Crippen LogP contribution in [0.3, 0.4) is 0 Å². The van der Waals surface area contributed by atoms with Crippen LogP contribution in [0.4, 0.5) is 5.69 Å². The van der Waals surface area contributed by atoms with Crippen LogP contribution in [0.15, 0.2) is 45.6 Å². The highest BCUT2D eigenvalue weighted by Gasteiger charge is 2.22. The molecule has 4 rings (SSSR count). The van der Waals surface area contributed by atoms with Gasteiger partial charge in [0.2, 0.25) is 0 Å². The molecule has 2 heterocycles. The van der Waals surface area contributed by atoms with Crippen molar-refractivity contribution in [3.05, 3.63) is 57.0 Å². The number of nitrogens with zero attached hydrogens (tertiary/aromatic N) is 2. The van der Waals surface area contributed by atoms with Crippen molar-refractivity contribution in [2.45, 2.75) is 0 Å². The first-order valence-electron chi connectivity index (χ1n) is 8.73. The fourth-order valence-electron chi connectivity index (χ4n) is 3.15. The second-order valence-corrected chi connectivity index (χ2v) is 7.24. The average Bonchev–Trinajstić information content (AvgIpc) is 3.07. The molecule has 7 nitrogen and oxygen atoms in total. The van der Waals surface area contributed by atoms with Crippen LogP contribution in [0.25, 0.3) is 11.1 Å². The third-order valence-electron chi connectivity index (χ3n) is 4.66. The SMILES string of the molecule is O=C(COc1ccc2[nH]c(=O)oc2c1)N1CCN(c2ccc(Cl)c(Cl)c2)CC1. The number of rotatable bonds is 4. The number of hydrogen-bond acceptors (Lipinski definition) is 5. The second kappa shape index (κ2) is 7.77. The Kier molecular flexibility index (Phi) is 5.19. The van der Waals surface area contributed by atoms with Gasteiger partial charge in [-0.1, -0.05) is 23.2 Å². The molecule has 0 spiro atoms. The number of oxazole rings is 1. The summed E-state index contributed by atoms with van der Waals surface area (Å²) < 4.78 is 10.6. The van der Waals surface area contributed by atoms with E-state index in [9.17, 15) is 9.59 Å². The molecule has 1 aromatic heterocycles. The number of carbonyl (C=O) groups excluding carboxylic acids is 1. The minimum atomic E-state index is -0.525. The third kappa shape index (κ3) is 3.95. The predicted octanol–water partition coefficient (Wildman–Crippen LogP) is 3.16. The van der Waals surface area contributed by atoms with Gasteiger partial charge in [0.1, 0.15) is 5.75 Å². The zero-order chi connectivity index (χ0) is 19.7. The summed E-state index contributed by atoms with van der Waals surface area (Å²) in [5.41, 5.74) is 1.96. The molecule has 1 saturated heterocycles. The summed E-state index contributed by atoms with van der Waals surface area (Å²) in [6.45, 7) is 2.50. The lowest BCUT2D eigenvalue weighted by atomic mass is 10.2. The minimum absolute atomic E-state index is 0.0765. The van der Waals surface area contributed by atoms with Gasteiger partial charge in [-0.2, -0.15) is 0 Å². The minimum Gasteiger partial charge on any atom is -0.484 e. The van der Waals surface area contributed by atoms with Crippen LogP contribution in [-0.4, -0.2) is 48.6 Å². The number of nitrogens with one attached hydrogen (secondary N) is 1. The Morgan fingerprint density at radius 1 is 1.07 bits per heavy atom. The molecule has 0 radical (unpaired) electrons. The molecule has 0 saturated carbocycles. The van der Waals surface area contributed by atoms with Crippen molar-refractivity contribution in [1.29, 1.82) is 0 Å². The smallest absolute Gasteiger partial charge is 0.417 e. The van der Waals surface area contributed by atoms with Gasteiger partial charge in [-0.15, -0.1) is 0 Å². The quantitative estimate of drug-likeness (QED) is 0.699. The van der Waals surface area contributed by atoms with Crippen LogP contribution in [0, 0.1) is 0 Å². The van der Waals surface area contributed by atoms with Gasteiger partial charge < -0.3 is 19.0 Å². The molecule has 3 aromatic rings. The monoisotopic (exact) mass is 421 g/mol. The summed E-state index contributed by atoms with van der Waals surface area (Å²) in [6.07, 6.45) is 0. The number of fused-ring (bicyclic) bond motifs is 1. The van der Waals surface area contributed by atoms with Gasteiger partial charge in [0.15, 0.2) is 12.2 Å². The average molecular weight is 422 g/mol. The Labute approximate surface area is 170 Å². The topological polar surface area (TPSA) is 78.8 Å². The summed E-state index contributed by atoms with van der Waals surface area (Å²) in [5, 5.41) is 1.04. The maximum atomic E-state index is 12.4. The van der Waals surface area contributed by atoms with Crippen molar-refractivity contribution in [3.63, 3.8) is 0 Å². The molecule has 0 bridgehead atoms. The van der Waals surface area contributed by atoms with Gasteiger partial charge >= 0.3 is 5.76 Å². The van der Waals surface area contributed by atoms with Crippen LogP contribution in [-0.2, 0) is 4.79 Å². The van der Waals surface area contributed by atoms with Crippen molar-refractivity contribution < 1.29 is 13.9 Å². The Morgan fingerprint density at radius 2 is 1.86 bits per heavy atom. The summed E-state index contributed by atoms with van der Waals surface area (Å²) in [7, 11) is 0. The number of hydrogen-bond donors (Lipinski definition) is 1. The predicted molar refractivity (Wildman–Crippen MR) is 108 cm³/mol. The lowest BCUT2D eigenvalue weighted by Crippen LogP contribution is -2.50. The number of anilines is 1. The van der Waals surface area contributed by atoms with E-state index in [1.165, 1.54) is 0 Å². The van der Waals surface area contributed by atoms with Crippen molar-refractivity contribution in [2.75, 3.05) is 37.7 Å². The van der Waals surface area contributed by atoms with E-state index < -0.39 is 5.76 Å². The van der Waals surface area contributed by atoms with Gasteiger partial charge in [-0.05, 0) is 30.3 Å². The number of aromatic amines is 1. The highest BCUT2D eigenvalue weighted by Crippen LogP contribution is 2.27. The maximum absolute atomic E-state index is 12.4. The van der Waals surface area contributed by atoms with Crippen LogP contribution < -0.4 is 15.4 Å². The van der Waals surface area contributed by atoms with Gasteiger partial charge in [0.25, 0.3) is 5.91 Å². The molecule has 2 aromatic carbocycles. The van der Waals surface area contributed by atoms with Crippen molar-refractivity contribution >= 4 is 45.9 Å². The van der Waals surface area contributed by atoms with Gasteiger partial charge in [0.05, 0.1) is 15.6 Å². The number of H-pyrrole nitrogens is 1. The van der Waals surface area contributed by atoms with E-state index in [4.69, 9.17) is 32.4 Å². The fraction of sp³-hybridized carbons (Fsp3) is 0.263. The molecule has 28 heavy (non-hydrogen) atoms. The number of carbonyl (C=O) groups is 1. The Bertz CT molecular complexity index is 1070. The summed E-state index contributed by atoms with van der Waals surface area (Å²) >= 11 is 12.0. The Morgan fingerprint density at radius 3 is 2.61 bits per heavy atom. The Balaban J connectivity index is 1.32. The largest absolute Gasteiger partial charge is 0.484 e. The number of piperazine rings is 1. The molecule has 1 fully saturated rings. The first-order valence-corrected chi connectivity index (χ1v) is 9.48.